The Bertz CT molecular complexity index is 2130. The van der Waals surface area contributed by atoms with E-state index in [0.29, 0.717) is 25.7 Å². The van der Waals surface area contributed by atoms with Gasteiger partial charge in [-0.3, -0.25) is 37.3 Å². The minimum atomic E-state index is -4.97. The average molecular weight is 1530 g/mol. The molecule has 3 N–H and O–H groups in total. The highest BCUT2D eigenvalue weighted by atomic mass is 31.2. The molecule has 0 saturated heterocycles. The lowest BCUT2D eigenvalue weighted by atomic mass is 9.99. The van der Waals surface area contributed by atoms with Crippen molar-refractivity contribution in [2.75, 3.05) is 39.6 Å². The highest BCUT2D eigenvalue weighted by Crippen LogP contribution is 2.45. The minimum Gasteiger partial charge on any atom is -0.462 e. The summed E-state index contributed by atoms with van der Waals surface area (Å²) in [5.74, 6) is 0.266. The van der Waals surface area contributed by atoms with Crippen molar-refractivity contribution >= 4 is 39.5 Å². The second kappa shape index (κ2) is 75.6. The molecule has 0 amide bonds. The number of carbonyl (C=O) groups is 4. The van der Waals surface area contributed by atoms with Gasteiger partial charge in [0.05, 0.1) is 26.4 Å². The summed E-state index contributed by atoms with van der Waals surface area (Å²) in [7, 11) is -9.94. The lowest BCUT2D eigenvalue weighted by Gasteiger charge is -2.21. The van der Waals surface area contributed by atoms with Crippen molar-refractivity contribution in [1.82, 2.24) is 0 Å². The lowest BCUT2D eigenvalue weighted by Crippen LogP contribution is -2.30. The highest BCUT2D eigenvalue weighted by molar-refractivity contribution is 7.47. The molecule has 7 atom stereocenters. The number of allylic oxidation sites excluding steroid dienone is 4. The van der Waals surface area contributed by atoms with Crippen molar-refractivity contribution in [3.8, 4) is 0 Å². The largest absolute Gasteiger partial charge is 0.472 e. The van der Waals surface area contributed by atoms with E-state index in [2.05, 4.69) is 72.8 Å². The molecule has 0 fully saturated rings. The number of hydrogen-bond acceptors (Lipinski definition) is 15. The Hall–Kier alpha value is -2.46. The maximum absolute atomic E-state index is 13.1. The van der Waals surface area contributed by atoms with E-state index >= 15 is 0 Å². The number of phosphoric ester groups is 2. The number of hydrogen-bond donors (Lipinski definition) is 3. The average Bonchev–Trinajstić information content (AvgIpc) is 0.914. The van der Waals surface area contributed by atoms with Crippen molar-refractivity contribution in [1.29, 1.82) is 0 Å². The summed E-state index contributed by atoms with van der Waals surface area (Å²) in [5, 5.41) is 10.7. The van der Waals surface area contributed by atoms with Gasteiger partial charge in [-0.15, -0.1) is 0 Å². The molecule has 0 saturated carbocycles. The molecule has 17 nitrogen and oxygen atoms in total. The number of aliphatic hydroxyl groups is 1. The van der Waals surface area contributed by atoms with Crippen molar-refractivity contribution in [3.05, 3.63) is 24.3 Å². The predicted octanol–water partition coefficient (Wildman–Crippen LogP) is 25.6. The first-order valence-electron chi connectivity index (χ1n) is 43.7. The molecule has 0 aromatic rings. The lowest BCUT2D eigenvalue weighted by molar-refractivity contribution is -0.161. The number of unbranched alkanes of at least 4 members (excludes halogenated alkanes) is 45. The van der Waals surface area contributed by atoms with Gasteiger partial charge < -0.3 is 33.8 Å². The molecule has 105 heavy (non-hydrogen) atoms. The molecule has 0 spiro atoms. The summed E-state index contributed by atoms with van der Waals surface area (Å²) >= 11 is 0. The number of rotatable bonds is 82. The third kappa shape index (κ3) is 76.7. The number of carbonyl (C=O) groups excluding carboxylic acids is 4. The third-order valence-corrected chi connectivity index (χ3v) is 22.1. The Morgan fingerprint density at radius 3 is 0.848 bits per heavy atom. The van der Waals surface area contributed by atoms with E-state index in [0.717, 1.165) is 127 Å². The summed E-state index contributed by atoms with van der Waals surface area (Å²) < 4.78 is 68.8. The highest BCUT2D eigenvalue weighted by Gasteiger charge is 2.30. The van der Waals surface area contributed by atoms with Gasteiger partial charge in [-0.25, -0.2) is 9.13 Å². The van der Waals surface area contributed by atoms with Crippen LogP contribution in [0.2, 0.25) is 0 Å². The first-order chi connectivity index (χ1) is 50.8. The molecule has 0 aliphatic carbocycles. The molecule has 0 rings (SSSR count). The van der Waals surface area contributed by atoms with Crippen LogP contribution in [0.15, 0.2) is 24.3 Å². The Balaban J connectivity index is 5.23. The van der Waals surface area contributed by atoms with Crippen LogP contribution in [-0.2, 0) is 65.4 Å². The molecule has 0 heterocycles. The molecule has 0 aromatic heterocycles. The zero-order chi connectivity index (χ0) is 77.2. The normalized spacial score (nSPS) is 14.5. The second-order valence-corrected chi connectivity index (χ2v) is 34.1. The van der Waals surface area contributed by atoms with Gasteiger partial charge in [-0.05, 0) is 69.1 Å². The quantitative estimate of drug-likeness (QED) is 0.0169. The van der Waals surface area contributed by atoms with Crippen molar-refractivity contribution < 1.29 is 80.2 Å². The van der Waals surface area contributed by atoms with Gasteiger partial charge in [-0.1, -0.05) is 375 Å². The summed E-state index contributed by atoms with van der Waals surface area (Å²) in [6, 6.07) is 0. The molecular formula is C86H164O17P2. The Kier molecular flexibility index (Phi) is 73.8. The number of phosphoric acid groups is 2. The van der Waals surface area contributed by atoms with E-state index in [1.165, 1.54) is 218 Å². The molecule has 620 valence electrons. The number of aliphatic hydroxyl groups excluding tert-OH is 1. The van der Waals surface area contributed by atoms with Crippen LogP contribution in [0.1, 0.15) is 427 Å². The van der Waals surface area contributed by atoms with Gasteiger partial charge >= 0.3 is 39.5 Å². The maximum Gasteiger partial charge on any atom is 0.472 e. The fourth-order valence-electron chi connectivity index (χ4n) is 12.8. The fourth-order valence-corrected chi connectivity index (χ4v) is 14.3. The number of ether oxygens (including phenoxy) is 4. The van der Waals surface area contributed by atoms with Crippen LogP contribution in [0.3, 0.4) is 0 Å². The van der Waals surface area contributed by atoms with Gasteiger partial charge in [-0.2, -0.15) is 0 Å². The molecule has 0 aliphatic rings. The number of esters is 4. The summed E-state index contributed by atoms with van der Waals surface area (Å²) in [6.45, 7) is 12.0. The predicted molar refractivity (Wildman–Crippen MR) is 432 cm³/mol. The Labute approximate surface area is 643 Å². The molecule has 4 unspecified atom stereocenters. The molecule has 0 radical (unpaired) electrons. The minimum absolute atomic E-state index is 0.0852. The molecule has 19 heteroatoms. The fraction of sp³-hybridized carbons (Fsp3) is 0.907. The van der Waals surface area contributed by atoms with Crippen molar-refractivity contribution in [2.45, 2.75) is 446 Å². The van der Waals surface area contributed by atoms with Gasteiger partial charge in [0.15, 0.2) is 12.2 Å². The monoisotopic (exact) mass is 1530 g/mol. The smallest absolute Gasteiger partial charge is 0.462 e. The van der Waals surface area contributed by atoms with Crippen LogP contribution in [0, 0.1) is 17.8 Å². The second-order valence-electron chi connectivity index (χ2n) is 31.2. The standard InChI is InChI=1S/C86H164O17P2/c1-8-11-12-13-14-15-16-17-23-31-36-41-46-55-62-69-85(90)102-81(73-96-83(88)67-60-53-45-40-35-30-27-22-24-28-33-38-43-50-57-64-77(4)5)75-100-104(92,93)98-71-80(87)72-99-105(94,95)101-76-82(74-97-84(89)68-61-54-49-48-52-59-66-79(7)10-3)103-86(91)70-63-56-47-42-37-32-26-21-19-18-20-25-29-34-39-44-51-58-65-78(6)9-2/h15-17,23,77-82,87H,8-14,18-22,24-76H2,1-7H3,(H,92,93)(H,94,95)/b16-15-,23-17-/t78?,79?,80-,81-,82-/m1/s1. The van der Waals surface area contributed by atoms with E-state index in [4.69, 9.17) is 37.0 Å². The van der Waals surface area contributed by atoms with Gasteiger partial charge in [0.25, 0.3) is 0 Å². The van der Waals surface area contributed by atoms with E-state index in [1.807, 2.05) is 0 Å². The summed E-state index contributed by atoms with van der Waals surface area (Å²) in [6.07, 6.45) is 68.9. The van der Waals surface area contributed by atoms with Crippen LogP contribution in [-0.4, -0.2) is 96.7 Å². The topological polar surface area (TPSA) is 237 Å². The van der Waals surface area contributed by atoms with Crippen LogP contribution in [0.25, 0.3) is 0 Å². The Morgan fingerprint density at radius 2 is 0.562 bits per heavy atom. The van der Waals surface area contributed by atoms with Gasteiger partial charge in [0.2, 0.25) is 0 Å². The molecule has 0 bridgehead atoms. The van der Waals surface area contributed by atoms with Crippen LogP contribution >= 0.6 is 15.6 Å². The zero-order valence-electron chi connectivity index (χ0n) is 68.7. The van der Waals surface area contributed by atoms with Crippen LogP contribution < -0.4 is 0 Å². The first-order valence-corrected chi connectivity index (χ1v) is 46.7. The third-order valence-electron chi connectivity index (χ3n) is 20.2. The maximum atomic E-state index is 13.1. The molecule has 0 aliphatic heterocycles. The SMILES string of the molecule is CCCCCC/C=C\C=C/CCCCCCCC(=O)O[C@H](COC(=O)CCCCCCCCCCCCCCCCCC(C)C)COP(=O)(O)OC[C@@H](O)COP(=O)(O)OC[C@@H](COC(=O)CCCCCCCCC(C)CC)OC(=O)CCCCCCCCCCCCCCCCCCCCC(C)CC. The van der Waals surface area contributed by atoms with Crippen LogP contribution in [0.4, 0.5) is 0 Å². The molecular weight excluding hydrogens is 1370 g/mol. The zero-order valence-corrected chi connectivity index (χ0v) is 70.5. The Morgan fingerprint density at radius 1 is 0.314 bits per heavy atom. The van der Waals surface area contributed by atoms with E-state index in [-0.39, 0.29) is 25.7 Å². The van der Waals surface area contributed by atoms with Crippen LogP contribution in [0.5, 0.6) is 0 Å². The summed E-state index contributed by atoms with van der Waals surface area (Å²) in [4.78, 5) is 73.2. The van der Waals surface area contributed by atoms with Crippen molar-refractivity contribution in [2.24, 2.45) is 17.8 Å². The van der Waals surface area contributed by atoms with Gasteiger partial charge in [0, 0.05) is 25.7 Å². The summed E-state index contributed by atoms with van der Waals surface area (Å²) in [5.41, 5.74) is 0. The van der Waals surface area contributed by atoms with E-state index < -0.39 is 97.5 Å². The van der Waals surface area contributed by atoms with Crippen molar-refractivity contribution in [3.63, 3.8) is 0 Å². The first kappa shape index (κ1) is 103. The van der Waals surface area contributed by atoms with E-state index in [1.54, 1.807) is 0 Å². The van der Waals surface area contributed by atoms with Gasteiger partial charge in [0.1, 0.15) is 19.3 Å². The van der Waals surface area contributed by atoms with E-state index in [9.17, 15) is 43.2 Å². The molecule has 0 aromatic carbocycles.